The molecule has 6 heteroatoms. The smallest absolute Gasteiger partial charge is 0.293 e. The fraction of sp³-hybridized carbons (Fsp3) is 0.421. The Bertz CT molecular complexity index is 734. The Kier molecular flexibility index (Phi) is 5.11. The van der Waals surface area contributed by atoms with Gasteiger partial charge in [0.25, 0.3) is 5.69 Å². The van der Waals surface area contributed by atoms with Gasteiger partial charge in [0.15, 0.2) is 0 Å². The highest BCUT2D eigenvalue weighted by Gasteiger charge is 2.37. The normalized spacial score (nSPS) is 22.5. The largest absolute Gasteiger partial charge is 0.367 e. The molecule has 0 amide bonds. The molecule has 2 atom stereocenters. The summed E-state index contributed by atoms with van der Waals surface area (Å²) < 4.78 is 6.16. The third-order valence-electron chi connectivity index (χ3n) is 4.51. The van der Waals surface area contributed by atoms with E-state index in [4.69, 9.17) is 4.74 Å². The van der Waals surface area contributed by atoms with Crippen LogP contribution in [0.2, 0.25) is 0 Å². The molecule has 1 aliphatic heterocycles. The minimum Gasteiger partial charge on any atom is -0.367 e. The van der Waals surface area contributed by atoms with E-state index in [2.05, 4.69) is 22.4 Å². The van der Waals surface area contributed by atoms with Crippen LogP contribution in [0.25, 0.3) is 0 Å². The van der Waals surface area contributed by atoms with E-state index in [1.165, 1.54) is 11.8 Å². The van der Waals surface area contributed by atoms with E-state index in [1.807, 2.05) is 32.0 Å². The topological polar surface area (TPSA) is 77.3 Å². The van der Waals surface area contributed by atoms with Crippen molar-refractivity contribution < 1.29 is 9.66 Å². The lowest BCUT2D eigenvalue weighted by atomic mass is 9.88. The van der Waals surface area contributed by atoms with Gasteiger partial charge in [0, 0.05) is 18.8 Å². The number of aromatic nitrogens is 1. The van der Waals surface area contributed by atoms with E-state index < -0.39 is 0 Å². The van der Waals surface area contributed by atoms with Crippen molar-refractivity contribution in [1.29, 1.82) is 0 Å². The Morgan fingerprint density at radius 2 is 2.08 bits per heavy atom. The molecule has 0 radical (unpaired) electrons. The highest BCUT2D eigenvalue weighted by molar-refractivity contribution is 5.39. The molecule has 25 heavy (non-hydrogen) atoms. The lowest BCUT2D eigenvalue weighted by Gasteiger charge is -2.41. The molecule has 2 aromatic rings. The highest BCUT2D eigenvalue weighted by Crippen LogP contribution is 2.39. The molecule has 0 unspecified atom stereocenters. The third kappa shape index (κ3) is 4.41. The van der Waals surface area contributed by atoms with Gasteiger partial charge in [-0.3, -0.25) is 15.1 Å². The van der Waals surface area contributed by atoms with Crippen LogP contribution >= 0.6 is 0 Å². The molecule has 6 nitrogen and oxygen atoms in total. The van der Waals surface area contributed by atoms with Crippen molar-refractivity contribution in [1.82, 2.24) is 10.3 Å². The second-order valence-electron chi connectivity index (χ2n) is 7.06. The first-order chi connectivity index (χ1) is 11.9. The predicted octanol–water partition coefficient (Wildman–Crippen LogP) is 3.78. The molecule has 0 bridgehead atoms. The Hall–Kier alpha value is -2.31. The molecule has 132 valence electrons. The third-order valence-corrected chi connectivity index (χ3v) is 4.51. The molecule has 1 aromatic carbocycles. The summed E-state index contributed by atoms with van der Waals surface area (Å²) in [6.45, 7) is 4.83. The van der Waals surface area contributed by atoms with Gasteiger partial charge in [-0.05, 0) is 38.3 Å². The number of rotatable bonds is 5. The summed E-state index contributed by atoms with van der Waals surface area (Å²) in [5, 5.41) is 14.9. The minimum atomic E-state index is -0.389. The van der Waals surface area contributed by atoms with Crippen molar-refractivity contribution >= 4 is 5.69 Å². The first-order valence-corrected chi connectivity index (χ1v) is 8.48. The fourth-order valence-electron chi connectivity index (χ4n) is 3.44. The second-order valence-corrected chi connectivity index (χ2v) is 7.06. The number of hydrogen-bond acceptors (Lipinski definition) is 5. The number of nitrogens with zero attached hydrogens (tertiary/aromatic N) is 2. The first kappa shape index (κ1) is 17.5. The molecule has 1 N–H and O–H groups in total. The maximum absolute atomic E-state index is 11.3. The van der Waals surface area contributed by atoms with Gasteiger partial charge >= 0.3 is 0 Å². The van der Waals surface area contributed by atoms with Crippen LogP contribution in [0.4, 0.5) is 5.69 Å². The maximum atomic E-state index is 11.3. The average molecular weight is 341 g/mol. The summed E-state index contributed by atoms with van der Waals surface area (Å²) in [6.07, 6.45) is 4.11. The molecule has 1 fully saturated rings. The summed E-state index contributed by atoms with van der Waals surface area (Å²) in [7, 11) is 0. The molecular formula is C19H23N3O3. The number of ether oxygens (including phenoxy) is 1. The number of nitrogens with one attached hydrogen (secondary N) is 1. The van der Waals surface area contributed by atoms with E-state index in [-0.39, 0.29) is 28.4 Å². The molecule has 1 aliphatic rings. The van der Waals surface area contributed by atoms with Crippen LogP contribution in [-0.2, 0) is 11.3 Å². The fourth-order valence-corrected chi connectivity index (χ4v) is 3.44. The van der Waals surface area contributed by atoms with Crippen LogP contribution in [-0.4, -0.2) is 21.6 Å². The van der Waals surface area contributed by atoms with Crippen LogP contribution in [0.1, 0.15) is 43.9 Å². The Labute approximate surface area is 147 Å². The molecular weight excluding hydrogens is 318 g/mol. The predicted molar refractivity (Wildman–Crippen MR) is 95.1 cm³/mol. The zero-order chi connectivity index (χ0) is 17.9. The van der Waals surface area contributed by atoms with Gasteiger partial charge in [0.1, 0.15) is 6.20 Å². The lowest BCUT2D eigenvalue weighted by molar-refractivity contribution is -0.386. The number of pyridine rings is 1. The van der Waals surface area contributed by atoms with Gasteiger partial charge in [-0.1, -0.05) is 30.3 Å². The van der Waals surface area contributed by atoms with Crippen molar-refractivity contribution in [2.75, 3.05) is 0 Å². The molecule has 3 rings (SSSR count). The summed E-state index contributed by atoms with van der Waals surface area (Å²) in [5.41, 5.74) is 1.48. The number of benzene rings is 1. The molecule has 0 spiro atoms. The van der Waals surface area contributed by atoms with Crippen molar-refractivity contribution in [3.8, 4) is 0 Å². The van der Waals surface area contributed by atoms with Crippen LogP contribution in [0.3, 0.4) is 0 Å². The standard InChI is InChI=1S/C19H23N3O3/c1-19(2)11-15(21-12-14-6-4-3-5-7-14)10-18(25-19)16-8-9-20-13-17(16)22(23)24/h3-9,13,15,18,21H,10-12H2,1-2H3/t15-,18+/m0/s1. The monoisotopic (exact) mass is 341 g/mol. The Morgan fingerprint density at radius 3 is 2.80 bits per heavy atom. The summed E-state index contributed by atoms with van der Waals surface area (Å²) in [5.74, 6) is 0. The van der Waals surface area contributed by atoms with E-state index in [9.17, 15) is 10.1 Å². The Morgan fingerprint density at radius 1 is 1.32 bits per heavy atom. The van der Waals surface area contributed by atoms with E-state index in [1.54, 1.807) is 12.3 Å². The highest BCUT2D eigenvalue weighted by atomic mass is 16.6. The van der Waals surface area contributed by atoms with Gasteiger partial charge in [-0.2, -0.15) is 0 Å². The lowest BCUT2D eigenvalue weighted by Crippen LogP contribution is -2.44. The number of nitro groups is 1. The van der Waals surface area contributed by atoms with Gasteiger partial charge in [-0.15, -0.1) is 0 Å². The van der Waals surface area contributed by atoms with E-state index in [0.29, 0.717) is 12.0 Å². The molecule has 1 aromatic heterocycles. The molecule has 0 aliphatic carbocycles. The van der Waals surface area contributed by atoms with E-state index >= 15 is 0 Å². The van der Waals surface area contributed by atoms with Crippen molar-refractivity contribution in [2.45, 2.75) is 51.0 Å². The van der Waals surface area contributed by atoms with Crippen LogP contribution < -0.4 is 5.32 Å². The zero-order valence-electron chi connectivity index (χ0n) is 14.5. The van der Waals surface area contributed by atoms with Crippen molar-refractivity contribution in [2.24, 2.45) is 0 Å². The van der Waals surface area contributed by atoms with E-state index in [0.717, 1.165) is 13.0 Å². The van der Waals surface area contributed by atoms with Gasteiger partial charge in [-0.25, -0.2) is 0 Å². The summed E-state index contributed by atoms with van der Waals surface area (Å²) in [6, 6.07) is 12.1. The summed E-state index contributed by atoms with van der Waals surface area (Å²) in [4.78, 5) is 14.8. The summed E-state index contributed by atoms with van der Waals surface area (Å²) >= 11 is 0. The van der Waals surface area contributed by atoms with Gasteiger partial charge < -0.3 is 10.1 Å². The average Bonchev–Trinajstić information content (AvgIpc) is 2.59. The maximum Gasteiger partial charge on any atom is 0.293 e. The molecule has 0 saturated carbocycles. The van der Waals surface area contributed by atoms with Crippen LogP contribution in [0.15, 0.2) is 48.8 Å². The second kappa shape index (κ2) is 7.29. The molecule has 2 heterocycles. The minimum absolute atomic E-state index is 0.0204. The first-order valence-electron chi connectivity index (χ1n) is 8.48. The zero-order valence-corrected chi connectivity index (χ0v) is 14.5. The quantitative estimate of drug-likeness (QED) is 0.661. The van der Waals surface area contributed by atoms with Gasteiger partial charge in [0.05, 0.1) is 22.2 Å². The SMILES string of the molecule is CC1(C)C[C@@H](NCc2ccccc2)C[C@H](c2ccncc2[N+](=O)[O-])O1. The number of hydrogen-bond donors (Lipinski definition) is 1. The van der Waals surface area contributed by atoms with Crippen LogP contribution in [0.5, 0.6) is 0 Å². The van der Waals surface area contributed by atoms with Gasteiger partial charge in [0.2, 0.25) is 0 Å². The van der Waals surface area contributed by atoms with Crippen LogP contribution in [0, 0.1) is 10.1 Å². The molecule has 1 saturated heterocycles. The Balaban J connectivity index is 1.76. The van der Waals surface area contributed by atoms with Crippen molar-refractivity contribution in [3.63, 3.8) is 0 Å². The van der Waals surface area contributed by atoms with Crippen molar-refractivity contribution in [3.05, 3.63) is 70.0 Å².